The van der Waals surface area contributed by atoms with E-state index in [1.54, 1.807) is 51.5 Å². The molecule has 0 aliphatic carbocycles. The highest BCUT2D eigenvalue weighted by Crippen LogP contribution is 2.26. The van der Waals surface area contributed by atoms with Gasteiger partial charge in [0.1, 0.15) is 11.9 Å². The van der Waals surface area contributed by atoms with Crippen molar-refractivity contribution in [3.8, 4) is 0 Å². The van der Waals surface area contributed by atoms with Crippen molar-refractivity contribution in [1.82, 2.24) is 9.97 Å². The van der Waals surface area contributed by atoms with E-state index < -0.39 is 23.9 Å². The fraction of sp³-hybridized carbons (Fsp3) is 0.244. The van der Waals surface area contributed by atoms with E-state index in [0.29, 0.717) is 42.9 Å². The van der Waals surface area contributed by atoms with Gasteiger partial charge in [-0.05, 0) is 104 Å². The molecule has 2 atom stereocenters. The summed E-state index contributed by atoms with van der Waals surface area (Å²) < 4.78 is 13.1. The van der Waals surface area contributed by atoms with Crippen LogP contribution in [0.5, 0.6) is 0 Å². The number of thiazole rings is 1. The summed E-state index contributed by atoms with van der Waals surface area (Å²) in [6.07, 6.45) is 1.05. The van der Waals surface area contributed by atoms with Crippen LogP contribution >= 0.6 is 11.3 Å². The van der Waals surface area contributed by atoms with Crippen molar-refractivity contribution in [2.45, 2.75) is 59.6 Å². The molecular weight excluding hydrogens is 710 g/mol. The largest absolute Gasteiger partial charge is 0.378 e. The van der Waals surface area contributed by atoms with Crippen molar-refractivity contribution in [3.63, 3.8) is 0 Å². The molecule has 2 heterocycles. The summed E-state index contributed by atoms with van der Waals surface area (Å²) in [6, 6.07) is 32.5. The minimum absolute atomic E-state index is 0.0993. The molecule has 0 radical (unpaired) electrons. The first-order chi connectivity index (χ1) is 26.4. The summed E-state index contributed by atoms with van der Waals surface area (Å²) in [5, 5.41) is 13.7. The Hall–Kier alpha value is -5.55. The minimum Gasteiger partial charge on any atom is -0.378 e. The molecule has 10 heteroatoms. The molecular formula is C45H48FN5O3S. The van der Waals surface area contributed by atoms with Crippen LogP contribution in [-0.2, 0) is 22.4 Å². The van der Waals surface area contributed by atoms with Crippen molar-refractivity contribution in [2.75, 3.05) is 22.9 Å². The number of aliphatic hydroxyl groups excluding tert-OH is 1. The van der Waals surface area contributed by atoms with Gasteiger partial charge in [-0.3, -0.25) is 14.6 Å². The number of aliphatic hydroxyl groups is 1. The molecule has 2 amide bonds. The van der Waals surface area contributed by atoms with Crippen LogP contribution in [0.1, 0.15) is 61.9 Å². The maximum atomic E-state index is 13.3. The van der Waals surface area contributed by atoms with Crippen LogP contribution in [0.25, 0.3) is 0 Å². The molecule has 6 rings (SSSR count). The van der Waals surface area contributed by atoms with Crippen molar-refractivity contribution in [2.24, 2.45) is 5.73 Å². The fourth-order valence-corrected chi connectivity index (χ4v) is 6.69. The number of carbonyl (C=O) groups excluding carboxylic acids is 2. The Morgan fingerprint density at radius 3 is 1.76 bits per heavy atom. The quantitative estimate of drug-likeness (QED) is 0.130. The molecule has 0 aliphatic heterocycles. The van der Waals surface area contributed by atoms with Crippen molar-refractivity contribution in [3.05, 3.63) is 176 Å². The smallest absolute Gasteiger partial charge is 0.260 e. The van der Waals surface area contributed by atoms with Gasteiger partial charge in [0.05, 0.1) is 11.2 Å². The van der Waals surface area contributed by atoms with E-state index in [9.17, 15) is 19.1 Å². The highest BCUT2D eigenvalue weighted by Gasteiger charge is 2.26. The molecule has 0 aliphatic rings. The third-order valence-electron chi connectivity index (χ3n) is 9.51. The predicted octanol–water partition coefficient (Wildman–Crippen LogP) is 8.49. The number of hydrogen-bond acceptors (Lipinski definition) is 7. The van der Waals surface area contributed by atoms with Gasteiger partial charge in [-0.1, -0.05) is 72.8 Å². The highest BCUT2D eigenvalue weighted by molar-refractivity contribution is 7.09. The molecule has 0 saturated carbocycles. The second kappa shape index (κ2) is 19.2. The summed E-state index contributed by atoms with van der Waals surface area (Å²) >= 11 is 1.63. The van der Waals surface area contributed by atoms with E-state index in [1.807, 2.05) is 92.9 Å². The molecule has 55 heavy (non-hydrogen) atoms. The zero-order valence-electron chi connectivity index (χ0n) is 31.9. The fourth-order valence-electron chi connectivity index (χ4n) is 5.92. The van der Waals surface area contributed by atoms with Crippen molar-refractivity contribution >= 4 is 34.5 Å². The molecule has 0 unspecified atom stereocenters. The normalized spacial score (nSPS) is 11.9. The monoisotopic (exact) mass is 757 g/mol. The number of aromatic nitrogens is 2. The number of nitrogens with zero attached hydrogens (tertiary/aromatic N) is 4. The van der Waals surface area contributed by atoms with Gasteiger partial charge in [-0.15, -0.1) is 11.3 Å². The van der Waals surface area contributed by atoms with Crippen LogP contribution in [-0.4, -0.2) is 40.0 Å². The number of carbonyl (C=O) groups is 2. The van der Waals surface area contributed by atoms with Crippen LogP contribution in [0.3, 0.4) is 0 Å². The van der Waals surface area contributed by atoms with Crippen LogP contribution in [0.15, 0.2) is 121 Å². The van der Waals surface area contributed by atoms with Gasteiger partial charge in [-0.25, -0.2) is 9.37 Å². The summed E-state index contributed by atoms with van der Waals surface area (Å²) in [5.41, 5.74) is 15.5. The second-order valence-electron chi connectivity index (χ2n) is 13.6. The summed E-state index contributed by atoms with van der Waals surface area (Å²) in [4.78, 5) is 38.3. The number of benzene rings is 4. The molecule has 3 N–H and O–H groups in total. The first-order valence-electron chi connectivity index (χ1n) is 18.2. The van der Waals surface area contributed by atoms with Gasteiger partial charge in [0.2, 0.25) is 5.91 Å². The molecule has 0 fully saturated rings. The van der Waals surface area contributed by atoms with Gasteiger partial charge in [0.15, 0.2) is 6.10 Å². The van der Waals surface area contributed by atoms with Gasteiger partial charge in [0, 0.05) is 54.1 Å². The number of amides is 2. The van der Waals surface area contributed by atoms with E-state index in [0.717, 1.165) is 44.8 Å². The summed E-state index contributed by atoms with van der Waals surface area (Å²) in [7, 11) is 0. The Morgan fingerprint density at radius 1 is 0.709 bits per heavy atom. The Morgan fingerprint density at radius 2 is 1.25 bits per heavy atom. The summed E-state index contributed by atoms with van der Waals surface area (Å²) in [5.74, 6) is -0.903. The number of pyridine rings is 1. The van der Waals surface area contributed by atoms with E-state index in [4.69, 9.17) is 5.73 Å². The first kappa shape index (κ1) is 40.6. The van der Waals surface area contributed by atoms with E-state index in [-0.39, 0.29) is 5.91 Å². The zero-order valence-corrected chi connectivity index (χ0v) is 32.8. The second-order valence-corrected chi connectivity index (χ2v) is 14.5. The zero-order chi connectivity index (χ0) is 39.5. The van der Waals surface area contributed by atoms with E-state index in [1.165, 1.54) is 11.6 Å². The summed E-state index contributed by atoms with van der Waals surface area (Å²) in [6.45, 7) is 11.0. The van der Waals surface area contributed by atoms with E-state index in [2.05, 4.69) is 29.9 Å². The first-order valence-corrected chi connectivity index (χ1v) is 19.1. The van der Waals surface area contributed by atoms with Crippen LogP contribution in [0.2, 0.25) is 0 Å². The number of anilines is 2. The predicted molar refractivity (Wildman–Crippen MR) is 220 cm³/mol. The van der Waals surface area contributed by atoms with Crippen LogP contribution in [0.4, 0.5) is 15.8 Å². The average Bonchev–Trinajstić information content (AvgIpc) is 3.63. The molecule has 0 saturated heterocycles. The third-order valence-corrected chi connectivity index (χ3v) is 10.5. The lowest BCUT2D eigenvalue weighted by Crippen LogP contribution is -2.40. The number of halogens is 1. The molecule has 284 valence electrons. The number of nitrogens with two attached hydrogens (primary N) is 1. The number of rotatable bonds is 12. The third kappa shape index (κ3) is 11.0. The topological polar surface area (TPSA) is 113 Å². The maximum Gasteiger partial charge on any atom is 0.260 e. The molecule has 8 nitrogen and oxygen atoms in total. The SMILES string of the molecule is Cc1ccc(N(CCc2ccc(F)cn2)C(=O)[C@@H](O)c2ccccc2)cc1C.Cc1csc(CCN(C(=O)[C@@H](N)c2ccccc2)c2ccc(C)c(C)c2)n1. The molecule has 4 aromatic carbocycles. The van der Waals surface area contributed by atoms with Crippen LogP contribution in [0, 0.1) is 40.4 Å². The Kier molecular flexibility index (Phi) is 14.2. The maximum absolute atomic E-state index is 13.3. The standard InChI is InChI=1S/C23H23FN2O2.C22H25N3OS/c1-16-8-11-21(14-17(16)2)26(13-12-20-10-9-19(24)15-25-20)23(28)22(27)18-6-4-3-5-7-18;1-15-9-10-19(13-16(15)2)25(12-11-20-24-17(3)14-27-20)22(26)21(23)18-7-5-4-6-8-18/h3-11,14-15,22,27H,12-13H2,1-2H3;4-10,13-14,21H,11-12,23H2,1-3H3/t22-;21-/m00/s1. The number of aryl methyl sites for hydroxylation is 5. The van der Waals surface area contributed by atoms with Crippen molar-refractivity contribution in [1.29, 1.82) is 0 Å². The van der Waals surface area contributed by atoms with Gasteiger partial charge in [0.25, 0.3) is 5.91 Å². The Balaban J connectivity index is 0.000000211. The Labute approximate surface area is 327 Å². The molecule has 6 aromatic rings. The lowest BCUT2D eigenvalue weighted by atomic mass is 10.0. The van der Waals surface area contributed by atoms with Crippen molar-refractivity contribution < 1.29 is 19.1 Å². The number of hydrogen-bond donors (Lipinski definition) is 2. The molecule has 2 aromatic heterocycles. The van der Waals surface area contributed by atoms with Crippen LogP contribution < -0.4 is 15.5 Å². The van der Waals surface area contributed by atoms with Gasteiger partial charge < -0.3 is 20.6 Å². The van der Waals surface area contributed by atoms with Gasteiger partial charge in [-0.2, -0.15) is 0 Å². The lowest BCUT2D eigenvalue weighted by molar-refractivity contribution is -0.127. The lowest BCUT2D eigenvalue weighted by Gasteiger charge is -2.26. The van der Waals surface area contributed by atoms with Gasteiger partial charge >= 0.3 is 0 Å². The minimum atomic E-state index is -1.26. The molecule has 0 bridgehead atoms. The van der Waals surface area contributed by atoms with E-state index >= 15 is 0 Å². The average molecular weight is 758 g/mol. The molecule has 0 spiro atoms. The highest BCUT2D eigenvalue weighted by atomic mass is 32.1. The Bertz CT molecular complexity index is 2180.